The Labute approximate surface area is 125 Å². The van der Waals surface area contributed by atoms with Crippen LogP contribution in [0.15, 0.2) is 36.4 Å². The monoisotopic (exact) mass is 300 g/mol. The van der Waals surface area contributed by atoms with Gasteiger partial charge in [-0.05, 0) is 19.1 Å². The van der Waals surface area contributed by atoms with Gasteiger partial charge in [-0.2, -0.15) is 0 Å². The molecule has 0 spiro atoms. The second-order valence-electron chi connectivity index (χ2n) is 5.91. The highest BCUT2D eigenvalue weighted by molar-refractivity contribution is 6.23. The number of carbonyl (C=O) groups excluding carboxylic acids is 2. The van der Waals surface area contributed by atoms with E-state index in [4.69, 9.17) is 4.74 Å². The van der Waals surface area contributed by atoms with E-state index in [0.717, 1.165) is 4.90 Å². The predicted molar refractivity (Wildman–Crippen MR) is 75.0 cm³/mol. The second kappa shape index (κ2) is 4.01. The molecule has 3 aliphatic heterocycles. The molecule has 3 aliphatic rings. The van der Waals surface area contributed by atoms with Crippen LogP contribution in [0.25, 0.3) is 0 Å². The third kappa shape index (κ3) is 1.48. The highest BCUT2D eigenvalue weighted by Crippen LogP contribution is 2.52. The van der Waals surface area contributed by atoms with E-state index in [9.17, 15) is 19.7 Å². The van der Waals surface area contributed by atoms with Crippen molar-refractivity contribution in [3.8, 4) is 0 Å². The van der Waals surface area contributed by atoms with Crippen LogP contribution < -0.4 is 4.90 Å². The molecule has 0 aromatic heterocycles. The Balaban J connectivity index is 1.71. The van der Waals surface area contributed by atoms with Gasteiger partial charge in [0.2, 0.25) is 11.8 Å². The van der Waals surface area contributed by atoms with Crippen molar-refractivity contribution in [1.82, 2.24) is 0 Å². The SMILES string of the molecule is C[C@]12C=C[C@@H](O1)[C@@H]1C(=O)N(c3ccc([N+](=O)[O-])cc3)C(=O)[C@@H]12. The molecule has 2 saturated heterocycles. The summed E-state index contributed by atoms with van der Waals surface area (Å²) in [6.07, 6.45) is 3.30. The zero-order valence-corrected chi connectivity index (χ0v) is 11.6. The van der Waals surface area contributed by atoms with Gasteiger partial charge in [-0.1, -0.05) is 12.2 Å². The number of hydrogen-bond acceptors (Lipinski definition) is 5. The number of anilines is 1. The number of amides is 2. The lowest BCUT2D eigenvalue weighted by Crippen LogP contribution is -2.38. The average molecular weight is 300 g/mol. The van der Waals surface area contributed by atoms with Crippen LogP contribution in [0.2, 0.25) is 0 Å². The molecule has 7 nitrogen and oxygen atoms in total. The van der Waals surface area contributed by atoms with Gasteiger partial charge in [-0.15, -0.1) is 0 Å². The van der Waals surface area contributed by atoms with Crippen LogP contribution >= 0.6 is 0 Å². The molecule has 0 unspecified atom stereocenters. The zero-order chi connectivity index (χ0) is 15.6. The summed E-state index contributed by atoms with van der Waals surface area (Å²) in [6.45, 7) is 1.80. The van der Waals surface area contributed by atoms with Crippen molar-refractivity contribution < 1.29 is 19.2 Å². The first-order valence-corrected chi connectivity index (χ1v) is 6.92. The molecule has 1 aromatic carbocycles. The molecule has 0 N–H and O–H groups in total. The standard InChI is InChI=1S/C15H12N2O5/c1-15-7-6-10(22-15)11-12(15)14(19)16(13(11)18)8-2-4-9(5-3-8)17(20)21/h2-7,10-12H,1H3/t10-,11+,12-,15-/m1/s1. The second-order valence-corrected chi connectivity index (χ2v) is 5.91. The maximum absolute atomic E-state index is 12.7. The number of ether oxygens (including phenoxy) is 1. The Hall–Kier alpha value is -2.54. The van der Waals surface area contributed by atoms with Crippen molar-refractivity contribution in [2.75, 3.05) is 4.90 Å². The first kappa shape index (κ1) is 13.1. The minimum Gasteiger partial charge on any atom is -0.362 e. The average Bonchev–Trinajstić information content (AvgIpc) is 3.08. The van der Waals surface area contributed by atoms with Crippen LogP contribution in [0.3, 0.4) is 0 Å². The van der Waals surface area contributed by atoms with Crippen molar-refractivity contribution in [2.24, 2.45) is 11.8 Å². The molecule has 1 aromatic rings. The van der Waals surface area contributed by atoms with Gasteiger partial charge in [0.1, 0.15) is 0 Å². The summed E-state index contributed by atoms with van der Waals surface area (Å²) >= 11 is 0. The number of fused-ring (bicyclic) bond motifs is 5. The molecule has 0 saturated carbocycles. The molecule has 2 amide bonds. The number of nitro benzene ring substituents is 1. The lowest BCUT2D eigenvalue weighted by Gasteiger charge is -2.24. The zero-order valence-electron chi connectivity index (χ0n) is 11.6. The van der Waals surface area contributed by atoms with Crippen LogP contribution in [0.4, 0.5) is 11.4 Å². The molecule has 4 atom stereocenters. The molecule has 0 radical (unpaired) electrons. The van der Waals surface area contributed by atoms with Gasteiger partial charge in [0.05, 0.1) is 34.2 Å². The maximum Gasteiger partial charge on any atom is 0.269 e. The lowest BCUT2D eigenvalue weighted by molar-refractivity contribution is -0.384. The number of non-ortho nitro benzene ring substituents is 1. The predicted octanol–water partition coefficient (Wildman–Crippen LogP) is 1.43. The minimum atomic E-state index is -0.738. The van der Waals surface area contributed by atoms with Gasteiger partial charge in [0.15, 0.2) is 0 Å². The van der Waals surface area contributed by atoms with E-state index < -0.39 is 22.4 Å². The quantitative estimate of drug-likeness (QED) is 0.357. The number of carbonyl (C=O) groups is 2. The molecule has 2 fully saturated rings. The summed E-state index contributed by atoms with van der Waals surface area (Å²) in [4.78, 5) is 36.6. The fourth-order valence-electron chi connectivity index (χ4n) is 3.63. The summed E-state index contributed by atoms with van der Waals surface area (Å²) < 4.78 is 5.73. The summed E-state index contributed by atoms with van der Waals surface area (Å²) in [5.41, 5.74) is -0.462. The number of rotatable bonds is 2. The molecule has 22 heavy (non-hydrogen) atoms. The number of hydrogen-bond donors (Lipinski definition) is 0. The topological polar surface area (TPSA) is 89.8 Å². The van der Waals surface area contributed by atoms with Crippen molar-refractivity contribution in [3.63, 3.8) is 0 Å². The van der Waals surface area contributed by atoms with Crippen LogP contribution in [0.1, 0.15) is 6.92 Å². The number of nitrogens with zero attached hydrogens (tertiary/aromatic N) is 2. The van der Waals surface area contributed by atoms with E-state index in [1.165, 1.54) is 24.3 Å². The van der Waals surface area contributed by atoms with Crippen molar-refractivity contribution >= 4 is 23.2 Å². The summed E-state index contributed by atoms with van der Waals surface area (Å²) in [5.74, 6) is -1.64. The number of benzene rings is 1. The number of imide groups is 1. The van der Waals surface area contributed by atoms with E-state index in [2.05, 4.69) is 0 Å². The maximum atomic E-state index is 12.7. The third-order valence-corrected chi connectivity index (χ3v) is 4.65. The summed E-state index contributed by atoms with van der Waals surface area (Å²) in [7, 11) is 0. The first-order chi connectivity index (χ1) is 10.4. The highest BCUT2D eigenvalue weighted by Gasteiger charge is 2.66. The van der Waals surface area contributed by atoms with Crippen molar-refractivity contribution in [3.05, 3.63) is 46.5 Å². The smallest absolute Gasteiger partial charge is 0.269 e. The van der Waals surface area contributed by atoms with Crippen molar-refractivity contribution in [2.45, 2.75) is 18.6 Å². The molecule has 2 bridgehead atoms. The van der Waals surface area contributed by atoms with E-state index in [0.29, 0.717) is 5.69 Å². The Morgan fingerprint density at radius 3 is 2.50 bits per heavy atom. The molecule has 7 heteroatoms. The first-order valence-electron chi connectivity index (χ1n) is 6.92. The van der Waals surface area contributed by atoms with Crippen LogP contribution in [-0.2, 0) is 14.3 Å². The molecular formula is C15H12N2O5. The van der Waals surface area contributed by atoms with Crippen LogP contribution in [0, 0.1) is 22.0 Å². The van der Waals surface area contributed by atoms with E-state index in [-0.39, 0.29) is 23.6 Å². The minimum absolute atomic E-state index is 0.0833. The normalized spacial score (nSPS) is 35.3. The van der Waals surface area contributed by atoms with Gasteiger partial charge in [-0.25, -0.2) is 4.90 Å². The lowest BCUT2D eigenvalue weighted by atomic mass is 9.78. The summed E-state index contributed by atoms with van der Waals surface area (Å²) in [6, 6.07) is 5.42. The molecule has 4 rings (SSSR count). The van der Waals surface area contributed by atoms with E-state index in [1.807, 2.05) is 12.2 Å². The fraction of sp³-hybridized carbons (Fsp3) is 0.333. The largest absolute Gasteiger partial charge is 0.362 e. The fourth-order valence-corrected chi connectivity index (χ4v) is 3.63. The molecule has 0 aliphatic carbocycles. The van der Waals surface area contributed by atoms with Gasteiger partial charge >= 0.3 is 0 Å². The van der Waals surface area contributed by atoms with E-state index >= 15 is 0 Å². The highest BCUT2D eigenvalue weighted by atomic mass is 16.6. The molecule has 112 valence electrons. The van der Waals surface area contributed by atoms with Gasteiger partial charge < -0.3 is 4.74 Å². The van der Waals surface area contributed by atoms with Crippen molar-refractivity contribution in [1.29, 1.82) is 0 Å². The molecule has 3 heterocycles. The number of nitro groups is 1. The Kier molecular flexibility index (Phi) is 2.40. The van der Waals surface area contributed by atoms with E-state index in [1.54, 1.807) is 6.92 Å². The Bertz CT molecular complexity index is 741. The van der Waals surface area contributed by atoms with Gasteiger partial charge in [0, 0.05) is 12.1 Å². The van der Waals surface area contributed by atoms with Gasteiger partial charge in [-0.3, -0.25) is 19.7 Å². The van der Waals surface area contributed by atoms with Crippen LogP contribution in [0.5, 0.6) is 0 Å². The molecular weight excluding hydrogens is 288 g/mol. The summed E-state index contributed by atoms with van der Waals surface area (Å²) in [5, 5.41) is 10.7. The Morgan fingerprint density at radius 1 is 1.23 bits per heavy atom. The van der Waals surface area contributed by atoms with Gasteiger partial charge in [0.25, 0.3) is 5.69 Å². The Morgan fingerprint density at radius 2 is 1.91 bits per heavy atom. The third-order valence-electron chi connectivity index (χ3n) is 4.65. The van der Waals surface area contributed by atoms with Crippen LogP contribution in [-0.4, -0.2) is 28.4 Å².